The number of barbiturate groups is 1. The summed E-state index contributed by atoms with van der Waals surface area (Å²) in [6.07, 6.45) is 1.08. The molecule has 4 amide bonds. The lowest BCUT2D eigenvalue weighted by atomic mass is 9.86. The minimum Gasteiger partial charge on any atom is -0.273 e. The van der Waals surface area contributed by atoms with E-state index in [1.165, 1.54) is 14.1 Å². The zero-order valence-electron chi connectivity index (χ0n) is 13.8. The molecule has 1 fully saturated rings. The van der Waals surface area contributed by atoms with Gasteiger partial charge in [-0.15, -0.1) is 0 Å². The van der Waals surface area contributed by atoms with Crippen molar-refractivity contribution in [2.24, 2.45) is 11.8 Å². The summed E-state index contributed by atoms with van der Waals surface area (Å²) in [5.74, 6) is -1.68. The Hall–Kier alpha value is -2.43. The number of nitrogens with zero attached hydrogens (tertiary/aromatic N) is 2. The number of allylic oxidation sites excluding steroid dienone is 1. The fourth-order valence-electron chi connectivity index (χ4n) is 2.74. The summed E-state index contributed by atoms with van der Waals surface area (Å²) in [7, 11) is 2.81. The molecule has 1 heterocycles. The Kier molecular flexibility index (Phi) is 4.98. The highest BCUT2D eigenvalue weighted by Gasteiger charge is 2.42. The van der Waals surface area contributed by atoms with Gasteiger partial charge in [0.05, 0.1) is 0 Å². The number of urea groups is 1. The Balaban J connectivity index is 2.05. The number of carbonyl (C=O) groups is 3. The summed E-state index contributed by atoms with van der Waals surface area (Å²) >= 11 is 0. The normalized spacial score (nSPS) is 17.6. The second-order valence-corrected chi connectivity index (χ2v) is 6.09. The van der Waals surface area contributed by atoms with Gasteiger partial charge in [-0.3, -0.25) is 19.4 Å². The standard InChI is InChI=1S/C18H22N2O3/c1-12(10-14-8-6-5-7-9-14)13(2)11-15-16(21)19(3)18(23)20(4)17(15)22/h5-9,13,15H,1,10-11H2,2-4H3. The molecule has 0 bridgehead atoms. The zero-order chi connectivity index (χ0) is 17.1. The molecule has 1 aliphatic rings. The van der Waals surface area contributed by atoms with Crippen LogP contribution in [0.3, 0.4) is 0 Å². The Bertz CT molecular complexity index is 615. The van der Waals surface area contributed by atoms with Crippen molar-refractivity contribution in [1.82, 2.24) is 9.80 Å². The Labute approximate surface area is 136 Å². The van der Waals surface area contributed by atoms with Gasteiger partial charge in [-0.25, -0.2) is 4.79 Å². The molecule has 1 aromatic rings. The SMILES string of the molecule is C=C(Cc1ccccc1)C(C)CC1C(=O)N(C)C(=O)N(C)C1=O. The minimum atomic E-state index is -0.815. The predicted molar refractivity (Wildman–Crippen MR) is 87.5 cm³/mol. The van der Waals surface area contributed by atoms with Crippen molar-refractivity contribution in [2.45, 2.75) is 19.8 Å². The maximum atomic E-state index is 12.2. The van der Waals surface area contributed by atoms with E-state index in [1.807, 2.05) is 37.3 Å². The van der Waals surface area contributed by atoms with Crippen molar-refractivity contribution in [3.05, 3.63) is 48.0 Å². The summed E-state index contributed by atoms with van der Waals surface area (Å²) in [6.45, 7) is 6.06. The average Bonchev–Trinajstić information content (AvgIpc) is 2.55. The summed E-state index contributed by atoms with van der Waals surface area (Å²) in [6, 6.07) is 9.36. The van der Waals surface area contributed by atoms with Crippen LogP contribution in [0.25, 0.3) is 0 Å². The molecular formula is C18H22N2O3. The Morgan fingerprint density at radius 3 is 2.13 bits per heavy atom. The molecule has 1 unspecified atom stereocenters. The predicted octanol–water partition coefficient (Wildman–Crippen LogP) is 2.48. The van der Waals surface area contributed by atoms with Gasteiger partial charge in [0, 0.05) is 14.1 Å². The molecule has 23 heavy (non-hydrogen) atoms. The van der Waals surface area contributed by atoms with E-state index in [-0.39, 0.29) is 5.92 Å². The second kappa shape index (κ2) is 6.77. The monoisotopic (exact) mass is 314 g/mol. The molecule has 2 rings (SSSR count). The van der Waals surface area contributed by atoms with Crippen molar-refractivity contribution >= 4 is 17.8 Å². The van der Waals surface area contributed by atoms with E-state index in [0.29, 0.717) is 12.8 Å². The maximum Gasteiger partial charge on any atom is 0.332 e. The highest BCUT2D eigenvalue weighted by Crippen LogP contribution is 2.26. The van der Waals surface area contributed by atoms with Crippen LogP contribution in [0.15, 0.2) is 42.5 Å². The van der Waals surface area contributed by atoms with Gasteiger partial charge in [-0.05, 0) is 24.3 Å². The first kappa shape index (κ1) is 16.9. The largest absolute Gasteiger partial charge is 0.332 e. The molecule has 0 saturated carbocycles. The molecule has 0 aliphatic carbocycles. The third kappa shape index (κ3) is 3.50. The first-order valence-electron chi connectivity index (χ1n) is 7.63. The van der Waals surface area contributed by atoms with Crippen molar-refractivity contribution in [2.75, 3.05) is 14.1 Å². The van der Waals surface area contributed by atoms with Gasteiger partial charge in [0.1, 0.15) is 5.92 Å². The lowest BCUT2D eigenvalue weighted by molar-refractivity contribution is -0.148. The van der Waals surface area contributed by atoms with Crippen LogP contribution in [0.5, 0.6) is 0 Å². The van der Waals surface area contributed by atoms with E-state index in [1.54, 1.807) is 0 Å². The summed E-state index contributed by atoms with van der Waals surface area (Å²) in [4.78, 5) is 38.2. The first-order valence-corrected chi connectivity index (χ1v) is 7.63. The molecule has 5 heteroatoms. The third-order valence-electron chi connectivity index (χ3n) is 4.39. The van der Waals surface area contributed by atoms with Gasteiger partial charge in [-0.1, -0.05) is 49.4 Å². The molecule has 1 atom stereocenters. The van der Waals surface area contributed by atoms with E-state index >= 15 is 0 Å². The number of rotatable bonds is 5. The van der Waals surface area contributed by atoms with E-state index in [2.05, 4.69) is 6.58 Å². The van der Waals surface area contributed by atoms with Crippen molar-refractivity contribution in [3.63, 3.8) is 0 Å². The summed E-state index contributed by atoms with van der Waals surface area (Å²) in [5.41, 5.74) is 2.12. The fraction of sp³-hybridized carbons (Fsp3) is 0.389. The first-order chi connectivity index (χ1) is 10.8. The van der Waals surface area contributed by atoms with Crippen LogP contribution in [0, 0.1) is 11.8 Å². The van der Waals surface area contributed by atoms with E-state index in [0.717, 1.165) is 20.9 Å². The van der Waals surface area contributed by atoms with Crippen LogP contribution >= 0.6 is 0 Å². The molecule has 0 aromatic heterocycles. The molecule has 1 aliphatic heterocycles. The van der Waals surface area contributed by atoms with Gasteiger partial charge < -0.3 is 0 Å². The summed E-state index contributed by atoms with van der Waals surface area (Å²) < 4.78 is 0. The van der Waals surface area contributed by atoms with E-state index < -0.39 is 23.8 Å². The number of imide groups is 2. The summed E-state index contributed by atoms with van der Waals surface area (Å²) in [5, 5.41) is 0. The number of hydrogen-bond acceptors (Lipinski definition) is 3. The highest BCUT2D eigenvalue weighted by atomic mass is 16.2. The molecular weight excluding hydrogens is 292 g/mol. The molecule has 0 spiro atoms. The highest BCUT2D eigenvalue weighted by molar-refractivity contribution is 6.15. The second-order valence-electron chi connectivity index (χ2n) is 6.09. The Morgan fingerprint density at radius 2 is 1.61 bits per heavy atom. The van der Waals surface area contributed by atoms with Crippen molar-refractivity contribution < 1.29 is 14.4 Å². The molecule has 0 radical (unpaired) electrons. The van der Waals surface area contributed by atoms with Crippen LogP contribution < -0.4 is 0 Å². The van der Waals surface area contributed by atoms with Gasteiger partial charge in [0.2, 0.25) is 11.8 Å². The average molecular weight is 314 g/mol. The van der Waals surface area contributed by atoms with Gasteiger partial charge >= 0.3 is 6.03 Å². The van der Waals surface area contributed by atoms with Gasteiger partial charge in [0.25, 0.3) is 0 Å². The molecule has 122 valence electrons. The van der Waals surface area contributed by atoms with Gasteiger partial charge in [0.15, 0.2) is 0 Å². The van der Waals surface area contributed by atoms with E-state index in [4.69, 9.17) is 0 Å². The van der Waals surface area contributed by atoms with Crippen LogP contribution in [0.2, 0.25) is 0 Å². The molecule has 1 aromatic carbocycles. The number of carbonyl (C=O) groups excluding carboxylic acids is 3. The molecule has 0 N–H and O–H groups in total. The lowest BCUT2D eigenvalue weighted by Crippen LogP contribution is -2.57. The van der Waals surface area contributed by atoms with E-state index in [9.17, 15) is 14.4 Å². The van der Waals surface area contributed by atoms with Crippen LogP contribution in [0.1, 0.15) is 18.9 Å². The minimum absolute atomic E-state index is 0.00288. The smallest absolute Gasteiger partial charge is 0.273 e. The number of amides is 4. The third-order valence-corrected chi connectivity index (χ3v) is 4.39. The van der Waals surface area contributed by atoms with Crippen LogP contribution in [-0.2, 0) is 16.0 Å². The number of hydrogen-bond donors (Lipinski definition) is 0. The molecule has 1 saturated heterocycles. The van der Waals surface area contributed by atoms with Crippen molar-refractivity contribution in [1.29, 1.82) is 0 Å². The van der Waals surface area contributed by atoms with Crippen LogP contribution in [-0.4, -0.2) is 41.7 Å². The van der Waals surface area contributed by atoms with Crippen LogP contribution in [0.4, 0.5) is 4.79 Å². The molecule has 5 nitrogen and oxygen atoms in total. The maximum absolute atomic E-state index is 12.2. The Morgan fingerprint density at radius 1 is 1.09 bits per heavy atom. The quantitative estimate of drug-likeness (QED) is 0.620. The van der Waals surface area contributed by atoms with Gasteiger partial charge in [-0.2, -0.15) is 0 Å². The topological polar surface area (TPSA) is 57.7 Å². The van der Waals surface area contributed by atoms with Crippen molar-refractivity contribution in [3.8, 4) is 0 Å². The number of benzene rings is 1. The fourth-order valence-corrected chi connectivity index (χ4v) is 2.74. The lowest BCUT2D eigenvalue weighted by Gasteiger charge is -2.34. The zero-order valence-corrected chi connectivity index (χ0v) is 13.8.